The van der Waals surface area contributed by atoms with Gasteiger partial charge in [-0.3, -0.25) is 4.90 Å². The number of rotatable bonds is 7. The fourth-order valence-corrected chi connectivity index (χ4v) is 6.80. The van der Waals surface area contributed by atoms with E-state index >= 15 is 0 Å². The van der Waals surface area contributed by atoms with Crippen molar-refractivity contribution in [2.24, 2.45) is 11.8 Å². The standard InChI is InChI=1S/C29H40N2O4/c1-18-12-19(6-7-24-22-15-27(34-4)25(32-2)13-20(22)8-10-30-24)17-31-11-9-21-14-26(33-3)28(35-5)16-23(21)29(18)31/h13-16,18-19,24,29-30H,6-12,17H2,1-5H3. The lowest BCUT2D eigenvalue weighted by atomic mass is 9.75. The van der Waals surface area contributed by atoms with Gasteiger partial charge < -0.3 is 24.3 Å². The molecule has 6 nitrogen and oxygen atoms in total. The average molecular weight is 481 g/mol. The van der Waals surface area contributed by atoms with E-state index in [4.69, 9.17) is 18.9 Å². The summed E-state index contributed by atoms with van der Waals surface area (Å²) in [6.45, 7) is 5.75. The topological polar surface area (TPSA) is 52.2 Å². The van der Waals surface area contributed by atoms with Crippen LogP contribution < -0.4 is 24.3 Å². The molecule has 0 aliphatic carbocycles. The Balaban J connectivity index is 1.28. The number of nitrogens with one attached hydrogen (secondary N) is 1. The van der Waals surface area contributed by atoms with Gasteiger partial charge in [0.15, 0.2) is 23.0 Å². The normalized spacial score (nSPS) is 25.7. The molecule has 0 bridgehead atoms. The molecule has 0 radical (unpaired) electrons. The van der Waals surface area contributed by atoms with Gasteiger partial charge in [0, 0.05) is 25.2 Å². The molecule has 190 valence electrons. The fourth-order valence-electron chi connectivity index (χ4n) is 6.80. The molecular weight excluding hydrogens is 440 g/mol. The molecule has 3 aliphatic rings. The number of hydrogen-bond acceptors (Lipinski definition) is 6. The van der Waals surface area contributed by atoms with Crippen LogP contribution in [-0.2, 0) is 12.8 Å². The Morgan fingerprint density at radius 2 is 1.40 bits per heavy atom. The molecule has 1 fully saturated rings. The molecule has 0 amide bonds. The average Bonchev–Trinajstić information content (AvgIpc) is 2.89. The highest BCUT2D eigenvalue weighted by Crippen LogP contribution is 2.46. The predicted molar refractivity (Wildman–Crippen MR) is 138 cm³/mol. The van der Waals surface area contributed by atoms with Gasteiger partial charge in [0.2, 0.25) is 0 Å². The van der Waals surface area contributed by atoms with E-state index in [1.807, 2.05) is 0 Å². The zero-order chi connectivity index (χ0) is 24.5. The van der Waals surface area contributed by atoms with Gasteiger partial charge in [0.25, 0.3) is 0 Å². The zero-order valence-electron chi connectivity index (χ0n) is 21.9. The second kappa shape index (κ2) is 10.3. The van der Waals surface area contributed by atoms with Gasteiger partial charge in [-0.25, -0.2) is 0 Å². The maximum atomic E-state index is 5.64. The number of methoxy groups -OCH3 is 4. The van der Waals surface area contributed by atoms with E-state index in [9.17, 15) is 0 Å². The molecule has 4 atom stereocenters. The predicted octanol–water partition coefficient (Wildman–Crippen LogP) is 4.94. The van der Waals surface area contributed by atoms with Crippen molar-refractivity contribution in [3.05, 3.63) is 46.5 Å². The highest BCUT2D eigenvalue weighted by atomic mass is 16.5. The molecule has 2 aromatic rings. The summed E-state index contributed by atoms with van der Waals surface area (Å²) in [5.41, 5.74) is 5.62. The van der Waals surface area contributed by atoms with Crippen LogP contribution in [0.1, 0.15) is 60.5 Å². The van der Waals surface area contributed by atoms with E-state index in [2.05, 4.69) is 41.4 Å². The first-order valence-electron chi connectivity index (χ1n) is 13.0. The zero-order valence-corrected chi connectivity index (χ0v) is 21.9. The maximum absolute atomic E-state index is 5.64. The van der Waals surface area contributed by atoms with E-state index < -0.39 is 0 Å². The summed E-state index contributed by atoms with van der Waals surface area (Å²) in [6, 6.07) is 9.63. The van der Waals surface area contributed by atoms with Crippen LogP contribution in [-0.4, -0.2) is 53.0 Å². The first kappa shape index (κ1) is 24.3. The van der Waals surface area contributed by atoms with Crippen molar-refractivity contribution >= 4 is 0 Å². The Morgan fingerprint density at radius 1 is 0.800 bits per heavy atom. The Morgan fingerprint density at radius 3 is 2.06 bits per heavy atom. The van der Waals surface area contributed by atoms with E-state index in [1.54, 1.807) is 28.4 Å². The second-order valence-electron chi connectivity index (χ2n) is 10.4. The van der Waals surface area contributed by atoms with Crippen LogP contribution in [0.2, 0.25) is 0 Å². The van der Waals surface area contributed by atoms with Crippen LogP contribution >= 0.6 is 0 Å². The third-order valence-corrected chi connectivity index (χ3v) is 8.43. The smallest absolute Gasteiger partial charge is 0.161 e. The maximum Gasteiger partial charge on any atom is 0.161 e. The third-order valence-electron chi connectivity index (χ3n) is 8.43. The molecular formula is C29H40N2O4. The molecule has 1 N–H and O–H groups in total. The van der Waals surface area contributed by atoms with Gasteiger partial charge in [0.1, 0.15) is 0 Å². The molecule has 6 heteroatoms. The van der Waals surface area contributed by atoms with Crippen LogP contribution in [0.15, 0.2) is 24.3 Å². The summed E-state index contributed by atoms with van der Waals surface area (Å²) in [5.74, 6) is 4.68. The molecule has 0 aromatic heterocycles. The largest absolute Gasteiger partial charge is 0.493 e. The Bertz CT molecular complexity index is 1060. The van der Waals surface area contributed by atoms with Crippen molar-refractivity contribution < 1.29 is 18.9 Å². The molecule has 4 unspecified atom stereocenters. The number of fused-ring (bicyclic) bond motifs is 4. The van der Waals surface area contributed by atoms with E-state index in [1.165, 1.54) is 41.6 Å². The number of ether oxygens (including phenoxy) is 4. The first-order valence-corrected chi connectivity index (χ1v) is 13.0. The minimum atomic E-state index is 0.380. The van der Waals surface area contributed by atoms with Gasteiger partial charge in [-0.15, -0.1) is 0 Å². The van der Waals surface area contributed by atoms with E-state index in [0.29, 0.717) is 18.0 Å². The van der Waals surface area contributed by atoms with Crippen LogP contribution in [0.5, 0.6) is 23.0 Å². The van der Waals surface area contributed by atoms with Gasteiger partial charge in [-0.05, 0) is 97.0 Å². The first-order chi connectivity index (χ1) is 17.1. The van der Waals surface area contributed by atoms with Gasteiger partial charge in [-0.1, -0.05) is 6.92 Å². The van der Waals surface area contributed by atoms with Gasteiger partial charge >= 0.3 is 0 Å². The van der Waals surface area contributed by atoms with Crippen molar-refractivity contribution in [2.75, 3.05) is 48.1 Å². The third kappa shape index (κ3) is 4.58. The van der Waals surface area contributed by atoms with Crippen LogP contribution in [0.4, 0.5) is 0 Å². The lowest BCUT2D eigenvalue weighted by Gasteiger charge is -2.47. The monoisotopic (exact) mass is 480 g/mol. The molecule has 5 rings (SSSR count). The highest BCUT2D eigenvalue weighted by Gasteiger charge is 2.38. The molecule has 35 heavy (non-hydrogen) atoms. The second-order valence-corrected chi connectivity index (χ2v) is 10.4. The molecule has 3 aliphatic heterocycles. The van der Waals surface area contributed by atoms with Gasteiger partial charge in [0.05, 0.1) is 28.4 Å². The molecule has 1 saturated heterocycles. The van der Waals surface area contributed by atoms with Crippen molar-refractivity contribution in [1.29, 1.82) is 0 Å². The van der Waals surface area contributed by atoms with Crippen LogP contribution in [0, 0.1) is 11.8 Å². The van der Waals surface area contributed by atoms with Crippen LogP contribution in [0.3, 0.4) is 0 Å². The summed E-state index contributed by atoms with van der Waals surface area (Å²) in [7, 11) is 6.89. The molecule has 2 aromatic carbocycles. The quantitative estimate of drug-likeness (QED) is 0.606. The molecule has 0 spiro atoms. The van der Waals surface area contributed by atoms with E-state index in [0.717, 1.165) is 61.3 Å². The van der Waals surface area contributed by atoms with Crippen molar-refractivity contribution in [1.82, 2.24) is 10.2 Å². The number of hydrogen-bond donors (Lipinski definition) is 1. The Hall–Kier alpha value is -2.44. The van der Waals surface area contributed by atoms with Gasteiger partial charge in [-0.2, -0.15) is 0 Å². The Kier molecular flexibility index (Phi) is 7.12. The SMILES string of the molecule is COc1cc2c(cc1OC)C(CCC1CC(C)C3c4cc(OC)c(OC)cc4CCN3C1)NCC2. The summed E-state index contributed by atoms with van der Waals surface area (Å²) >= 11 is 0. The van der Waals surface area contributed by atoms with E-state index in [-0.39, 0.29) is 0 Å². The minimum Gasteiger partial charge on any atom is -0.493 e. The lowest BCUT2D eigenvalue weighted by molar-refractivity contribution is 0.0493. The highest BCUT2D eigenvalue weighted by molar-refractivity contribution is 5.50. The summed E-state index contributed by atoms with van der Waals surface area (Å²) in [5, 5.41) is 3.77. The number of piperidine rings is 1. The van der Waals surface area contributed by atoms with Crippen molar-refractivity contribution in [3.8, 4) is 23.0 Å². The summed E-state index contributed by atoms with van der Waals surface area (Å²) in [4.78, 5) is 2.73. The van der Waals surface area contributed by atoms with Crippen molar-refractivity contribution in [3.63, 3.8) is 0 Å². The molecule has 3 heterocycles. The Labute approximate surface area is 209 Å². The molecule has 0 saturated carbocycles. The summed E-state index contributed by atoms with van der Waals surface area (Å²) < 4.78 is 22.3. The summed E-state index contributed by atoms with van der Waals surface area (Å²) in [6.07, 6.45) is 5.76. The van der Waals surface area contributed by atoms with Crippen molar-refractivity contribution in [2.45, 2.75) is 51.1 Å². The number of nitrogens with zero attached hydrogens (tertiary/aromatic N) is 1. The number of benzene rings is 2. The minimum absolute atomic E-state index is 0.380. The lowest BCUT2D eigenvalue weighted by Crippen LogP contribution is -2.46. The fraction of sp³-hybridized carbons (Fsp3) is 0.586. The van der Waals surface area contributed by atoms with Crippen LogP contribution in [0.25, 0.3) is 0 Å².